The SMILES string of the molecule is C[C@]1(c2ccccc2)[C@H](c2cnc[nH]2)[C@@H]1C(=O)O. The average Bonchev–Trinajstić information content (AvgIpc) is 2.76. The first-order chi connectivity index (χ1) is 8.65. The fourth-order valence-corrected chi connectivity index (χ4v) is 3.01. The standard InChI is InChI=1S/C14H14N2O2/c1-14(9-5-3-2-4-6-9)11(12(14)13(17)18)10-7-15-8-16-10/h2-8,11-12H,1H3,(H,15,16)(H,17,18)/t11-,12-,14+/m1/s1. The van der Waals surface area contributed by atoms with Crippen LogP contribution in [-0.2, 0) is 10.2 Å². The summed E-state index contributed by atoms with van der Waals surface area (Å²) in [5.41, 5.74) is 1.62. The maximum atomic E-state index is 11.4. The van der Waals surface area contributed by atoms with Gasteiger partial charge in [-0.2, -0.15) is 0 Å². The number of nitrogens with one attached hydrogen (secondary N) is 1. The molecule has 2 N–H and O–H groups in total. The molecule has 0 bridgehead atoms. The largest absolute Gasteiger partial charge is 0.481 e. The molecular formula is C14H14N2O2. The minimum atomic E-state index is -0.749. The molecule has 4 nitrogen and oxygen atoms in total. The van der Waals surface area contributed by atoms with Crippen LogP contribution in [0, 0.1) is 5.92 Å². The molecule has 1 aromatic carbocycles. The number of H-pyrrole nitrogens is 1. The van der Waals surface area contributed by atoms with Crippen molar-refractivity contribution >= 4 is 5.97 Å². The van der Waals surface area contributed by atoms with Gasteiger partial charge in [0.15, 0.2) is 0 Å². The van der Waals surface area contributed by atoms with Gasteiger partial charge in [0.05, 0.1) is 12.2 Å². The topological polar surface area (TPSA) is 66.0 Å². The summed E-state index contributed by atoms with van der Waals surface area (Å²) in [6.07, 6.45) is 3.31. The number of aliphatic carboxylic acids is 1. The minimum Gasteiger partial charge on any atom is -0.481 e. The predicted octanol–water partition coefficient (Wildman–Crippen LogP) is 2.17. The Morgan fingerprint density at radius 2 is 2.11 bits per heavy atom. The van der Waals surface area contributed by atoms with Crippen molar-refractivity contribution in [2.45, 2.75) is 18.3 Å². The van der Waals surface area contributed by atoms with Crippen LogP contribution < -0.4 is 0 Å². The highest BCUT2D eigenvalue weighted by Gasteiger charge is 2.67. The predicted molar refractivity (Wildman–Crippen MR) is 66.2 cm³/mol. The highest BCUT2D eigenvalue weighted by atomic mass is 16.4. The molecule has 0 radical (unpaired) electrons. The summed E-state index contributed by atoms with van der Waals surface area (Å²) in [7, 11) is 0. The van der Waals surface area contributed by atoms with Gasteiger partial charge in [0, 0.05) is 23.2 Å². The molecule has 1 heterocycles. The van der Waals surface area contributed by atoms with Crippen LogP contribution in [0.25, 0.3) is 0 Å². The lowest BCUT2D eigenvalue weighted by atomic mass is 9.93. The van der Waals surface area contributed by atoms with Crippen molar-refractivity contribution in [1.29, 1.82) is 0 Å². The average molecular weight is 242 g/mol. The minimum absolute atomic E-state index is 0.0279. The van der Waals surface area contributed by atoms with Crippen LogP contribution in [0.2, 0.25) is 0 Å². The van der Waals surface area contributed by atoms with Crippen molar-refractivity contribution in [2.24, 2.45) is 5.92 Å². The first-order valence-electron chi connectivity index (χ1n) is 5.92. The summed E-state index contributed by atoms with van der Waals surface area (Å²) in [5.74, 6) is -1.17. The van der Waals surface area contributed by atoms with Crippen LogP contribution in [-0.4, -0.2) is 21.0 Å². The fraction of sp³-hybridized carbons (Fsp3) is 0.286. The normalized spacial score (nSPS) is 30.1. The molecule has 1 aromatic heterocycles. The quantitative estimate of drug-likeness (QED) is 0.866. The summed E-state index contributed by atoms with van der Waals surface area (Å²) in [6, 6.07) is 9.82. The van der Waals surface area contributed by atoms with Crippen molar-refractivity contribution in [3.8, 4) is 0 Å². The molecule has 92 valence electrons. The number of benzene rings is 1. The third-order valence-electron chi connectivity index (χ3n) is 4.03. The van der Waals surface area contributed by atoms with E-state index in [9.17, 15) is 9.90 Å². The lowest BCUT2D eigenvalue weighted by Crippen LogP contribution is -2.10. The van der Waals surface area contributed by atoms with Crippen molar-refractivity contribution < 1.29 is 9.90 Å². The molecule has 0 amide bonds. The monoisotopic (exact) mass is 242 g/mol. The van der Waals surface area contributed by atoms with Gasteiger partial charge in [-0.3, -0.25) is 4.79 Å². The van der Waals surface area contributed by atoms with Gasteiger partial charge in [-0.1, -0.05) is 37.3 Å². The van der Waals surface area contributed by atoms with E-state index in [0.29, 0.717) is 0 Å². The molecule has 4 heteroatoms. The highest BCUT2D eigenvalue weighted by molar-refractivity contribution is 5.80. The highest BCUT2D eigenvalue weighted by Crippen LogP contribution is 2.65. The molecule has 0 saturated heterocycles. The van der Waals surface area contributed by atoms with Gasteiger partial charge >= 0.3 is 5.97 Å². The molecule has 1 aliphatic rings. The Hall–Kier alpha value is -2.10. The number of hydrogen-bond donors (Lipinski definition) is 2. The van der Waals surface area contributed by atoms with Gasteiger partial charge < -0.3 is 10.1 Å². The van der Waals surface area contributed by atoms with Gasteiger partial charge in [-0.05, 0) is 5.56 Å². The van der Waals surface area contributed by atoms with Gasteiger partial charge in [-0.25, -0.2) is 4.98 Å². The zero-order chi connectivity index (χ0) is 12.8. The molecular weight excluding hydrogens is 228 g/mol. The second kappa shape index (κ2) is 3.70. The van der Waals surface area contributed by atoms with Gasteiger partial charge in [-0.15, -0.1) is 0 Å². The van der Waals surface area contributed by atoms with Crippen molar-refractivity contribution in [3.05, 3.63) is 54.1 Å². The number of rotatable bonds is 3. The van der Waals surface area contributed by atoms with E-state index < -0.39 is 5.97 Å². The summed E-state index contributed by atoms with van der Waals surface area (Å²) in [6.45, 7) is 2.01. The first kappa shape index (κ1) is 11.0. The van der Waals surface area contributed by atoms with E-state index in [1.54, 1.807) is 12.5 Å². The number of imidazole rings is 1. The van der Waals surface area contributed by atoms with Crippen molar-refractivity contribution in [2.75, 3.05) is 0 Å². The van der Waals surface area contributed by atoms with Gasteiger partial charge in [0.2, 0.25) is 0 Å². The van der Waals surface area contributed by atoms with Crippen molar-refractivity contribution in [1.82, 2.24) is 9.97 Å². The molecule has 2 aromatic rings. The summed E-state index contributed by atoms with van der Waals surface area (Å²) < 4.78 is 0. The Labute approximate surface area is 105 Å². The lowest BCUT2D eigenvalue weighted by Gasteiger charge is -2.11. The van der Waals surface area contributed by atoms with E-state index in [2.05, 4.69) is 9.97 Å². The second-order valence-electron chi connectivity index (χ2n) is 4.95. The lowest BCUT2D eigenvalue weighted by molar-refractivity contribution is -0.139. The molecule has 3 rings (SSSR count). The molecule has 3 atom stereocenters. The van der Waals surface area contributed by atoms with Crippen LogP contribution in [0.5, 0.6) is 0 Å². The second-order valence-corrected chi connectivity index (χ2v) is 4.95. The Balaban J connectivity index is 2.03. The third-order valence-corrected chi connectivity index (χ3v) is 4.03. The summed E-state index contributed by atoms with van der Waals surface area (Å²) in [4.78, 5) is 18.4. The van der Waals surface area contributed by atoms with Crippen LogP contribution in [0.3, 0.4) is 0 Å². The van der Waals surface area contributed by atoms with Crippen LogP contribution in [0.1, 0.15) is 24.1 Å². The van der Waals surface area contributed by atoms with Crippen LogP contribution >= 0.6 is 0 Å². The van der Waals surface area contributed by atoms with E-state index >= 15 is 0 Å². The number of aromatic amines is 1. The molecule has 18 heavy (non-hydrogen) atoms. The number of aromatic nitrogens is 2. The summed E-state index contributed by atoms with van der Waals surface area (Å²) >= 11 is 0. The van der Waals surface area contributed by atoms with E-state index in [4.69, 9.17) is 0 Å². The number of carboxylic acids is 1. The molecule has 1 aliphatic carbocycles. The Kier molecular flexibility index (Phi) is 2.26. The van der Waals surface area contributed by atoms with Crippen LogP contribution in [0.4, 0.5) is 0 Å². The maximum Gasteiger partial charge on any atom is 0.308 e. The number of hydrogen-bond acceptors (Lipinski definition) is 2. The Morgan fingerprint density at radius 1 is 1.39 bits per heavy atom. The number of carbonyl (C=O) groups is 1. The zero-order valence-electron chi connectivity index (χ0n) is 10.00. The van der Waals surface area contributed by atoms with Crippen molar-refractivity contribution in [3.63, 3.8) is 0 Å². The Bertz CT molecular complexity index is 565. The first-order valence-corrected chi connectivity index (χ1v) is 5.92. The van der Waals surface area contributed by atoms with E-state index in [1.807, 2.05) is 37.3 Å². The number of carboxylic acid groups (broad SMARTS) is 1. The van der Waals surface area contributed by atoms with E-state index in [1.165, 1.54) is 0 Å². The van der Waals surface area contributed by atoms with E-state index in [0.717, 1.165) is 11.3 Å². The smallest absolute Gasteiger partial charge is 0.308 e. The molecule has 1 saturated carbocycles. The van der Waals surface area contributed by atoms with Gasteiger partial charge in [0.1, 0.15) is 0 Å². The van der Waals surface area contributed by atoms with E-state index in [-0.39, 0.29) is 17.3 Å². The maximum absolute atomic E-state index is 11.4. The zero-order valence-corrected chi connectivity index (χ0v) is 10.00. The fourth-order valence-electron chi connectivity index (χ4n) is 3.01. The Morgan fingerprint density at radius 3 is 2.67 bits per heavy atom. The number of nitrogens with zero attached hydrogens (tertiary/aromatic N) is 1. The van der Waals surface area contributed by atoms with Gasteiger partial charge in [0.25, 0.3) is 0 Å². The third kappa shape index (κ3) is 1.38. The molecule has 0 spiro atoms. The molecule has 0 unspecified atom stereocenters. The van der Waals surface area contributed by atoms with Crippen LogP contribution in [0.15, 0.2) is 42.9 Å². The molecule has 1 fully saturated rings. The summed E-state index contributed by atoms with van der Waals surface area (Å²) in [5, 5.41) is 9.39. The molecule has 0 aliphatic heterocycles.